The Hall–Kier alpha value is -1.95. The fraction of sp³-hybridized carbons (Fsp3) is 0.308. The van der Waals surface area contributed by atoms with E-state index in [1.54, 1.807) is 17.1 Å². The highest BCUT2D eigenvalue weighted by molar-refractivity contribution is 7.16. The molecule has 1 atom stereocenters. The maximum Gasteiger partial charge on any atom is 0.262 e. The third-order valence-corrected chi connectivity index (χ3v) is 4.19. The molecule has 3 heterocycles. The summed E-state index contributed by atoms with van der Waals surface area (Å²) in [7, 11) is 0. The molecule has 0 fully saturated rings. The molecule has 0 bridgehead atoms. The monoisotopic (exact) mass is 274 g/mol. The Balaban J connectivity index is 2.03. The Morgan fingerprint density at radius 3 is 3.05 bits per heavy atom. The fourth-order valence-electron chi connectivity index (χ4n) is 2.16. The van der Waals surface area contributed by atoms with Crippen molar-refractivity contribution in [1.82, 2.24) is 19.3 Å². The van der Waals surface area contributed by atoms with E-state index in [9.17, 15) is 4.79 Å². The summed E-state index contributed by atoms with van der Waals surface area (Å²) < 4.78 is 3.51. The quantitative estimate of drug-likeness (QED) is 0.736. The topological polar surface area (TPSA) is 52.7 Å². The van der Waals surface area contributed by atoms with Crippen molar-refractivity contribution in [3.63, 3.8) is 0 Å². The summed E-state index contributed by atoms with van der Waals surface area (Å²) in [5.74, 6) is 0. The van der Waals surface area contributed by atoms with Gasteiger partial charge in [-0.1, -0.05) is 0 Å². The molecule has 3 aromatic heterocycles. The first-order chi connectivity index (χ1) is 9.16. The van der Waals surface area contributed by atoms with E-state index in [0.717, 1.165) is 15.8 Å². The van der Waals surface area contributed by atoms with Gasteiger partial charge in [0.2, 0.25) is 0 Å². The van der Waals surface area contributed by atoms with E-state index >= 15 is 0 Å². The van der Waals surface area contributed by atoms with Gasteiger partial charge in [-0.2, -0.15) is 5.10 Å². The number of fused-ring (bicyclic) bond motifs is 1. The summed E-state index contributed by atoms with van der Waals surface area (Å²) in [6, 6.07) is 1.89. The van der Waals surface area contributed by atoms with Crippen LogP contribution < -0.4 is 5.56 Å². The van der Waals surface area contributed by atoms with Gasteiger partial charge in [0.1, 0.15) is 4.83 Å². The van der Waals surface area contributed by atoms with Crippen LogP contribution in [0.15, 0.2) is 35.0 Å². The highest BCUT2D eigenvalue weighted by Gasteiger charge is 2.13. The average Bonchev–Trinajstić information content (AvgIpc) is 3.00. The van der Waals surface area contributed by atoms with E-state index in [1.807, 2.05) is 36.2 Å². The van der Waals surface area contributed by atoms with E-state index in [-0.39, 0.29) is 11.6 Å². The molecule has 0 saturated carbocycles. The highest BCUT2D eigenvalue weighted by Crippen LogP contribution is 2.20. The molecule has 0 aliphatic rings. The SMILES string of the molecule is Cc1csc2ncn([C@H](C)Cn3cccn3)c(=O)c12. The van der Waals surface area contributed by atoms with Crippen LogP contribution in [0.5, 0.6) is 0 Å². The first kappa shape index (κ1) is 12.1. The van der Waals surface area contributed by atoms with Crippen molar-refractivity contribution in [2.45, 2.75) is 26.4 Å². The van der Waals surface area contributed by atoms with Crippen LogP contribution in [-0.2, 0) is 6.54 Å². The molecule has 0 saturated heterocycles. The Morgan fingerprint density at radius 1 is 1.47 bits per heavy atom. The summed E-state index contributed by atoms with van der Waals surface area (Å²) in [5.41, 5.74) is 1.03. The number of nitrogens with zero attached hydrogens (tertiary/aromatic N) is 4. The standard InChI is InChI=1S/C13H14N4OS/c1-9-7-19-12-11(9)13(18)17(8-14-12)10(2)6-16-5-3-4-15-16/h3-5,7-8,10H,6H2,1-2H3/t10-/m1/s1. The highest BCUT2D eigenvalue weighted by atomic mass is 32.1. The molecule has 0 radical (unpaired) electrons. The molecule has 19 heavy (non-hydrogen) atoms. The number of aromatic nitrogens is 4. The number of thiophene rings is 1. The first-order valence-corrected chi connectivity index (χ1v) is 6.97. The van der Waals surface area contributed by atoms with E-state index < -0.39 is 0 Å². The van der Waals surface area contributed by atoms with Crippen molar-refractivity contribution >= 4 is 21.6 Å². The molecule has 3 aromatic rings. The molecule has 0 spiro atoms. The van der Waals surface area contributed by atoms with Gasteiger partial charge in [0, 0.05) is 12.4 Å². The second-order valence-corrected chi connectivity index (χ2v) is 5.49. The average molecular weight is 274 g/mol. The zero-order valence-corrected chi connectivity index (χ0v) is 11.6. The van der Waals surface area contributed by atoms with Crippen LogP contribution in [0.4, 0.5) is 0 Å². The molecule has 6 heteroatoms. The number of hydrogen-bond acceptors (Lipinski definition) is 4. The van der Waals surface area contributed by atoms with Gasteiger partial charge >= 0.3 is 0 Å². The van der Waals surface area contributed by atoms with Gasteiger partial charge in [0.05, 0.1) is 24.3 Å². The van der Waals surface area contributed by atoms with Crippen LogP contribution in [0.25, 0.3) is 10.2 Å². The van der Waals surface area contributed by atoms with Gasteiger partial charge in [-0.15, -0.1) is 11.3 Å². The lowest BCUT2D eigenvalue weighted by Crippen LogP contribution is -2.26. The first-order valence-electron chi connectivity index (χ1n) is 6.09. The Labute approximate surface area is 114 Å². The molecule has 0 aliphatic heterocycles. The molecule has 98 valence electrons. The van der Waals surface area contributed by atoms with Gasteiger partial charge in [0.25, 0.3) is 5.56 Å². The number of rotatable bonds is 3. The van der Waals surface area contributed by atoms with E-state index in [4.69, 9.17) is 0 Å². The number of aryl methyl sites for hydroxylation is 1. The predicted octanol–water partition coefficient (Wildman–Crippen LogP) is 2.22. The lowest BCUT2D eigenvalue weighted by Gasteiger charge is -2.14. The predicted molar refractivity (Wildman–Crippen MR) is 75.6 cm³/mol. The molecule has 0 N–H and O–H groups in total. The molecule has 0 aromatic carbocycles. The molecule has 0 amide bonds. The fourth-order valence-corrected chi connectivity index (χ4v) is 3.04. The minimum absolute atomic E-state index is 0.0172. The molecular formula is C13H14N4OS. The second kappa shape index (κ2) is 4.62. The van der Waals surface area contributed by atoms with Crippen molar-refractivity contribution < 1.29 is 0 Å². The summed E-state index contributed by atoms with van der Waals surface area (Å²) >= 11 is 1.51. The molecule has 0 unspecified atom stereocenters. The maximum atomic E-state index is 12.5. The van der Waals surface area contributed by atoms with Gasteiger partial charge in [0.15, 0.2) is 0 Å². The van der Waals surface area contributed by atoms with Crippen molar-refractivity contribution in [2.24, 2.45) is 0 Å². The van der Waals surface area contributed by atoms with Crippen LogP contribution in [0, 0.1) is 6.92 Å². The minimum atomic E-state index is 0.0172. The zero-order valence-electron chi connectivity index (χ0n) is 10.8. The summed E-state index contributed by atoms with van der Waals surface area (Å²) in [5, 5.41) is 6.87. The van der Waals surface area contributed by atoms with Crippen LogP contribution in [0.3, 0.4) is 0 Å². The lowest BCUT2D eigenvalue weighted by molar-refractivity contribution is 0.426. The minimum Gasteiger partial charge on any atom is -0.294 e. The smallest absolute Gasteiger partial charge is 0.262 e. The molecule has 0 aliphatic carbocycles. The Morgan fingerprint density at radius 2 is 2.32 bits per heavy atom. The normalized spacial score (nSPS) is 12.9. The van der Waals surface area contributed by atoms with Crippen LogP contribution >= 0.6 is 11.3 Å². The molecule has 3 rings (SSSR count). The Bertz CT molecular complexity index is 757. The summed E-state index contributed by atoms with van der Waals surface area (Å²) in [6.07, 6.45) is 5.26. The molecular weight excluding hydrogens is 260 g/mol. The van der Waals surface area contributed by atoms with Crippen molar-refractivity contribution in [2.75, 3.05) is 0 Å². The second-order valence-electron chi connectivity index (χ2n) is 4.63. The van der Waals surface area contributed by atoms with E-state index in [1.165, 1.54) is 11.3 Å². The van der Waals surface area contributed by atoms with Crippen molar-refractivity contribution in [1.29, 1.82) is 0 Å². The number of hydrogen-bond donors (Lipinski definition) is 0. The maximum absolute atomic E-state index is 12.5. The van der Waals surface area contributed by atoms with Gasteiger partial charge < -0.3 is 0 Å². The van der Waals surface area contributed by atoms with Gasteiger partial charge in [-0.3, -0.25) is 14.0 Å². The lowest BCUT2D eigenvalue weighted by atomic mass is 10.2. The zero-order chi connectivity index (χ0) is 13.4. The summed E-state index contributed by atoms with van der Waals surface area (Å²) in [6.45, 7) is 4.60. The van der Waals surface area contributed by atoms with Crippen molar-refractivity contribution in [3.05, 3.63) is 46.1 Å². The third-order valence-electron chi connectivity index (χ3n) is 3.19. The van der Waals surface area contributed by atoms with Gasteiger partial charge in [-0.05, 0) is 30.9 Å². The van der Waals surface area contributed by atoms with Crippen molar-refractivity contribution in [3.8, 4) is 0 Å². The third kappa shape index (κ3) is 2.08. The Kier molecular flexibility index (Phi) is 2.94. The van der Waals surface area contributed by atoms with Gasteiger partial charge in [-0.25, -0.2) is 4.98 Å². The van der Waals surface area contributed by atoms with Crippen LogP contribution in [0.2, 0.25) is 0 Å². The van der Waals surface area contributed by atoms with E-state index in [2.05, 4.69) is 10.1 Å². The van der Waals surface area contributed by atoms with Crippen LogP contribution in [-0.4, -0.2) is 19.3 Å². The van der Waals surface area contributed by atoms with Crippen LogP contribution in [0.1, 0.15) is 18.5 Å². The largest absolute Gasteiger partial charge is 0.294 e. The molecule has 5 nitrogen and oxygen atoms in total. The summed E-state index contributed by atoms with van der Waals surface area (Å²) in [4.78, 5) is 17.7. The van der Waals surface area contributed by atoms with E-state index in [0.29, 0.717) is 6.54 Å².